The molecule has 1 aliphatic rings. The largest absolute Gasteiger partial charge is 0.494 e. The molecule has 0 radical (unpaired) electrons. The molecule has 41 heavy (non-hydrogen) atoms. The van der Waals surface area contributed by atoms with Gasteiger partial charge in [0, 0.05) is 21.7 Å². The summed E-state index contributed by atoms with van der Waals surface area (Å²) in [5, 5.41) is 2.93. The third-order valence-corrected chi connectivity index (χ3v) is 8.55. The average molecular weight is 538 g/mol. The van der Waals surface area contributed by atoms with Crippen LogP contribution < -0.4 is 5.46 Å². The second kappa shape index (κ2) is 8.52. The number of fused-ring (bicyclic) bond motifs is 6. The Bertz CT molecular complexity index is 2110. The Kier molecular flexibility index (Phi) is 5.06. The van der Waals surface area contributed by atoms with Crippen LogP contribution in [0.2, 0.25) is 0 Å². The van der Waals surface area contributed by atoms with E-state index in [0.29, 0.717) is 11.4 Å². The Hall–Kier alpha value is -4.46. The summed E-state index contributed by atoms with van der Waals surface area (Å²) in [5.74, 6) is 0.582. The molecule has 1 aliphatic heterocycles. The number of para-hydroxylation sites is 2. The van der Waals surface area contributed by atoms with Crippen LogP contribution in [0.1, 0.15) is 27.7 Å². The molecule has 0 spiro atoms. The molecule has 8 rings (SSSR count). The van der Waals surface area contributed by atoms with Crippen molar-refractivity contribution >= 4 is 56.6 Å². The zero-order valence-corrected chi connectivity index (χ0v) is 23.3. The van der Waals surface area contributed by atoms with Gasteiger partial charge in [-0.25, -0.2) is 9.97 Å². The lowest BCUT2D eigenvalue weighted by molar-refractivity contribution is 0.00578. The fourth-order valence-electron chi connectivity index (χ4n) is 5.62. The SMILES string of the molecule is CC1(C)OB(c2ccc3oc4c(-c5nc(-c6ccccc6)c6oc7ccccc7c6n5)cccc4c3c2)OC1(C)C. The molecule has 7 aromatic rings. The normalized spacial score (nSPS) is 16.4. The van der Waals surface area contributed by atoms with E-state index in [9.17, 15) is 0 Å². The van der Waals surface area contributed by atoms with Crippen LogP contribution in [0.15, 0.2) is 99.8 Å². The van der Waals surface area contributed by atoms with Crippen molar-refractivity contribution in [1.29, 1.82) is 0 Å². The van der Waals surface area contributed by atoms with E-state index in [0.717, 1.165) is 60.7 Å². The molecule has 0 unspecified atom stereocenters. The summed E-state index contributed by atoms with van der Waals surface area (Å²) in [6.07, 6.45) is 0. The number of aromatic nitrogens is 2. The molecule has 0 saturated carbocycles. The topological polar surface area (TPSA) is 70.5 Å². The van der Waals surface area contributed by atoms with Crippen LogP contribution in [-0.4, -0.2) is 28.3 Å². The quantitative estimate of drug-likeness (QED) is 0.213. The molecule has 0 N–H and O–H groups in total. The average Bonchev–Trinajstić information content (AvgIpc) is 3.61. The zero-order valence-electron chi connectivity index (χ0n) is 23.3. The van der Waals surface area contributed by atoms with Gasteiger partial charge in [0.25, 0.3) is 0 Å². The third kappa shape index (κ3) is 3.66. The molecule has 0 atom stereocenters. The van der Waals surface area contributed by atoms with Crippen LogP contribution in [0.25, 0.3) is 66.7 Å². The first kappa shape index (κ1) is 24.4. The lowest BCUT2D eigenvalue weighted by atomic mass is 9.78. The van der Waals surface area contributed by atoms with E-state index in [-0.39, 0.29) is 0 Å². The maximum absolute atomic E-state index is 6.48. The summed E-state index contributed by atoms with van der Waals surface area (Å²) in [6, 6.07) is 30.3. The van der Waals surface area contributed by atoms with E-state index in [4.69, 9.17) is 28.1 Å². The van der Waals surface area contributed by atoms with Crippen molar-refractivity contribution in [2.75, 3.05) is 0 Å². The first-order chi connectivity index (χ1) is 19.8. The van der Waals surface area contributed by atoms with Crippen molar-refractivity contribution in [3.8, 4) is 22.6 Å². The van der Waals surface area contributed by atoms with Gasteiger partial charge in [-0.3, -0.25) is 0 Å². The van der Waals surface area contributed by atoms with E-state index in [1.165, 1.54) is 0 Å². The maximum atomic E-state index is 6.48. The summed E-state index contributed by atoms with van der Waals surface area (Å²) < 4.78 is 25.4. The van der Waals surface area contributed by atoms with Gasteiger partial charge in [0.1, 0.15) is 28.0 Å². The minimum atomic E-state index is -0.453. The number of benzene rings is 4. The van der Waals surface area contributed by atoms with E-state index >= 15 is 0 Å². The Balaban J connectivity index is 1.33. The standard InChI is InChI=1S/C34H27BN2O4/c1-33(2)34(3,4)41-35(40-33)21-17-18-27-25(19-21)22-14-10-15-24(30(22)38-27)32-36-28(20-11-6-5-7-12-20)31-29(37-32)23-13-8-9-16-26(23)39-31/h5-19H,1-4H3. The van der Waals surface area contributed by atoms with Crippen molar-refractivity contribution in [3.63, 3.8) is 0 Å². The van der Waals surface area contributed by atoms with Crippen LogP contribution in [-0.2, 0) is 9.31 Å². The minimum Gasteiger partial charge on any atom is -0.455 e. The van der Waals surface area contributed by atoms with E-state index in [1.807, 2.05) is 78.9 Å². The predicted octanol–water partition coefficient (Wildman–Crippen LogP) is 7.91. The van der Waals surface area contributed by atoms with Crippen molar-refractivity contribution in [2.45, 2.75) is 38.9 Å². The van der Waals surface area contributed by atoms with E-state index in [1.54, 1.807) is 0 Å². The molecule has 0 bridgehead atoms. The zero-order chi connectivity index (χ0) is 27.9. The molecule has 0 aliphatic carbocycles. The highest BCUT2D eigenvalue weighted by Crippen LogP contribution is 2.40. The molecule has 1 saturated heterocycles. The first-order valence-corrected chi connectivity index (χ1v) is 13.8. The second-order valence-electron chi connectivity index (χ2n) is 11.7. The van der Waals surface area contributed by atoms with Crippen LogP contribution in [0, 0.1) is 0 Å². The highest BCUT2D eigenvalue weighted by atomic mass is 16.7. The molecule has 0 amide bonds. The van der Waals surface area contributed by atoms with Gasteiger partial charge in [0.05, 0.1) is 16.8 Å². The van der Waals surface area contributed by atoms with Crippen LogP contribution >= 0.6 is 0 Å². The Morgan fingerprint density at radius 3 is 2.10 bits per heavy atom. The molecule has 6 nitrogen and oxygen atoms in total. The molecular formula is C34H27BN2O4. The van der Waals surface area contributed by atoms with Crippen LogP contribution in [0.5, 0.6) is 0 Å². The summed E-state index contributed by atoms with van der Waals surface area (Å²) in [4.78, 5) is 10.1. The molecule has 4 heterocycles. The summed E-state index contributed by atoms with van der Waals surface area (Å²) in [5.41, 5.74) is 6.41. The van der Waals surface area contributed by atoms with Gasteiger partial charge < -0.3 is 18.1 Å². The van der Waals surface area contributed by atoms with Crippen LogP contribution in [0.4, 0.5) is 0 Å². The Labute approximate surface area is 237 Å². The fraction of sp³-hybridized carbons (Fsp3) is 0.176. The molecule has 3 aromatic heterocycles. The molecule has 7 heteroatoms. The summed E-state index contributed by atoms with van der Waals surface area (Å²) >= 11 is 0. The highest BCUT2D eigenvalue weighted by molar-refractivity contribution is 6.62. The van der Waals surface area contributed by atoms with E-state index < -0.39 is 18.3 Å². The summed E-state index contributed by atoms with van der Waals surface area (Å²) in [7, 11) is -0.453. The highest BCUT2D eigenvalue weighted by Gasteiger charge is 2.51. The number of nitrogens with zero attached hydrogens (tertiary/aromatic N) is 2. The van der Waals surface area contributed by atoms with E-state index in [2.05, 4.69) is 39.8 Å². The van der Waals surface area contributed by atoms with Crippen LogP contribution in [0.3, 0.4) is 0 Å². The summed E-state index contributed by atoms with van der Waals surface area (Å²) in [6.45, 7) is 8.26. The lowest BCUT2D eigenvalue weighted by Gasteiger charge is -2.32. The number of rotatable bonds is 3. The fourth-order valence-corrected chi connectivity index (χ4v) is 5.62. The molecule has 1 fully saturated rings. The smallest absolute Gasteiger partial charge is 0.455 e. The molecule has 4 aromatic carbocycles. The second-order valence-corrected chi connectivity index (χ2v) is 11.7. The van der Waals surface area contributed by atoms with Crippen molar-refractivity contribution in [1.82, 2.24) is 9.97 Å². The monoisotopic (exact) mass is 538 g/mol. The molecular weight excluding hydrogens is 511 g/mol. The first-order valence-electron chi connectivity index (χ1n) is 13.8. The van der Waals surface area contributed by atoms with Crippen molar-refractivity contribution in [3.05, 3.63) is 91.0 Å². The number of furan rings is 2. The van der Waals surface area contributed by atoms with Gasteiger partial charge in [0.15, 0.2) is 11.4 Å². The number of hydrogen-bond donors (Lipinski definition) is 0. The van der Waals surface area contributed by atoms with Gasteiger partial charge in [-0.1, -0.05) is 66.7 Å². The maximum Gasteiger partial charge on any atom is 0.494 e. The lowest BCUT2D eigenvalue weighted by Crippen LogP contribution is -2.41. The van der Waals surface area contributed by atoms with Gasteiger partial charge >= 0.3 is 7.12 Å². The molecule has 200 valence electrons. The third-order valence-electron chi connectivity index (χ3n) is 8.55. The Morgan fingerprint density at radius 2 is 1.29 bits per heavy atom. The Morgan fingerprint density at radius 1 is 0.610 bits per heavy atom. The number of hydrogen-bond acceptors (Lipinski definition) is 6. The van der Waals surface area contributed by atoms with Gasteiger partial charge in [-0.05, 0) is 57.4 Å². The minimum absolute atomic E-state index is 0.415. The van der Waals surface area contributed by atoms with Gasteiger partial charge in [-0.2, -0.15) is 0 Å². The predicted molar refractivity (Wildman–Crippen MR) is 163 cm³/mol. The van der Waals surface area contributed by atoms with Crippen molar-refractivity contribution in [2.24, 2.45) is 0 Å². The van der Waals surface area contributed by atoms with Gasteiger partial charge in [-0.15, -0.1) is 0 Å². The van der Waals surface area contributed by atoms with Crippen molar-refractivity contribution < 1.29 is 18.1 Å². The van der Waals surface area contributed by atoms with Gasteiger partial charge in [0.2, 0.25) is 0 Å².